The summed E-state index contributed by atoms with van der Waals surface area (Å²) in [4.78, 5) is 11.8. The zero-order valence-corrected chi connectivity index (χ0v) is 12.6. The average Bonchev–Trinajstić information content (AvgIpc) is 3.01. The number of nitrogens with two attached hydrogens (primary N) is 1. The molecule has 5 heteroatoms. The number of fused-ring (bicyclic) bond motifs is 1. The van der Waals surface area contributed by atoms with E-state index >= 15 is 0 Å². The summed E-state index contributed by atoms with van der Waals surface area (Å²) in [6, 6.07) is 15.4. The largest absolute Gasteiger partial charge is 0.351 e. The van der Waals surface area contributed by atoms with Crippen LogP contribution < -0.4 is 11.1 Å². The smallest absolute Gasteiger partial charge is 0.251 e. The Balaban J connectivity index is 1.74. The lowest BCUT2D eigenvalue weighted by atomic mass is 10.1. The molecule has 3 aromatic rings. The molecule has 1 aromatic heterocycles. The lowest BCUT2D eigenvalue weighted by molar-refractivity contribution is 0.0955. The van der Waals surface area contributed by atoms with Gasteiger partial charge < -0.3 is 11.1 Å². The number of aromatic nitrogens is 2. The van der Waals surface area contributed by atoms with Crippen LogP contribution in [0.2, 0.25) is 0 Å². The van der Waals surface area contributed by atoms with Gasteiger partial charge in [0.2, 0.25) is 0 Å². The van der Waals surface area contributed by atoms with Crippen LogP contribution in [0.1, 0.15) is 21.6 Å². The van der Waals surface area contributed by atoms with Crippen LogP contribution in [0.15, 0.2) is 48.5 Å². The van der Waals surface area contributed by atoms with E-state index < -0.39 is 0 Å². The van der Waals surface area contributed by atoms with Crippen LogP contribution in [-0.4, -0.2) is 29.2 Å². The Kier molecular flexibility index (Phi) is 4.49. The maximum Gasteiger partial charge on any atom is 0.251 e. The Hall–Kier alpha value is -2.92. The highest BCUT2D eigenvalue weighted by atomic mass is 16.1. The third kappa shape index (κ3) is 3.46. The number of amides is 1. The quantitative estimate of drug-likeness (QED) is 0.677. The molecule has 1 amide bonds. The molecule has 0 aliphatic rings. The van der Waals surface area contributed by atoms with Crippen molar-refractivity contribution in [3.05, 3.63) is 65.4 Å². The summed E-state index contributed by atoms with van der Waals surface area (Å²) >= 11 is 0. The first kappa shape index (κ1) is 15.0. The SMILES string of the molecule is NCCNC(=O)c1ccc(C=Cc2n[nH]c3ccccc23)cc1. The number of carbonyl (C=O) groups is 1. The fraction of sp³-hybridized carbons (Fsp3) is 0.111. The van der Waals surface area contributed by atoms with Gasteiger partial charge in [0.1, 0.15) is 0 Å². The summed E-state index contributed by atoms with van der Waals surface area (Å²) < 4.78 is 0. The first-order chi connectivity index (χ1) is 11.3. The molecule has 0 aliphatic heterocycles. The Morgan fingerprint density at radius 3 is 2.70 bits per heavy atom. The van der Waals surface area contributed by atoms with Crippen LogP contribution in [0.25, 0.3) is 23.1 Å². The minimum Gasteiger partial charge on any atom is -0.351 e. The Bertz CT molecular complexity index is 834. The Labute approximate surface area is 134 Å². The van der Waals surface area contributed by atoms with Gasteiger partial charge in [-0.2, -0.15) is 5.10 Å². The standard InChI is InChI=1S/C18H18N4O/c19-11-12-20-18(23)14-8-5-13(6-9-14)7-10-17-15-3-1-2-4-16(15)21-22-17/h1-10H,11-12,19H2,(H,20,23)(H,21,22). The van der Waals surface area contributed by atoms with E-state index in [9.17, 15) is 4.79 Å². The zero-order valence-electron chi connectivity index (χ0n) is 12.6. The van der Waals surface area contributed by atoms with Gasteiger partial charge in [-0.1, -0.05) is 36.4 Å². The molecule has 0 saturated heterocycles. The van der Waals surface area contributed by atoms with Crippen molar-refractivity contribution in [2.75, 3.05) is 13.1 Å². The van der Waals surface area contributed by atoms with Crippen molar-refractivity contribution >= 4 is 29.0 Å². The maximum absolute atomic E-state index is 11.8. The molecule has 3 rings (SSSR count). The number of H-pyrrole nitrogens is 1. The number of carbonyl (C=O) groups excluding carboxylic acids is 1. The van der Waals surface area contributed by atoms with Crippen molar-refractivity contribution in [2.24, 2.45) is 5.73 Å². The van der Waals surface area contributed by atoms with Crippen LogP contribution in [0.4, 0.5) is 0 Å². The van der Waals surface area contributed by atoms with Gasteiger partial charge in [0, 0.05) is 24.0 Å². The highest BCUT2D eigenvalue weighted by Crippen LogP contribution is 2.17. The molecule has 0 atom stereocenters. The van der Waals surface area contributed by atoms with Crippen LogP contribution >= 0.6 is 0 Å². The van der Waals surface area contributed by atoms with Crippen molar-refractivity contribution < 1.29 is 4.79 Å². The minimum absolute atomic E-state index is 0.107. The lowest BCUT2D eigenvalue weighted by Crippen LogP contribution is -2.28. The van der Waals surface area contributed by atoms with E-state index in [0.29, 0.717) is 18.7 Å². The third-order valence-electron chi connectivity index (χ3n) is 3.54. The lowest BCUT2D eigenvalue weighted by Gasteiger charge is -2.03. The van der Waals surface area contributed by atoms with Gasteiger partial charge in [0.05, 0.1) is 11.2 Å². The number of rotatable bonds is 5. The first-order valence-corrected chi connectivity index (χ1v) is 7.47. The second-order valence-corrected chi connectivity index (χ2v) is 5.15. The average molecular weight is 306 g/mol. The second kappa shape index (κ2) is 6.89. The van der Waals surface area contributed by atoms with E-state index in [-0.39, 0.29) is 5.91 Å². The third-order valence-corrected chi connectivity index (χ3v) is 3.54. The molecule has 1 heterocycles. The molecular weight excluding hydrogens is 288 g/mol. The van der Waals surface area contributed by atoms with E-state index in [0.717, 1.165) is 22.2 Å². The fourth-order valence-corrected chi connectivity index (χ4v) is 2.32. The van der Waals surface area contributed by atoms with Crippen molar-refractivity contribution in [3.63, 3.8) is 0 Å². The summed E-state index contributed by atoms with van der Waals surface area (Å²) in [5.74, 6) is -0.107. The van der Waals surface area contributed by atoms with Crippen molar-refractivity contribution in [2.45, 2.75) is 0 Å². The van der Waals surface area contributed by atoms with Gasteiger partial charge in [-0.25, -0.2) is 0 Å². The van der Waals surface area contributed by atoms with Crippen molar-refractivity contribution in [1.29, 1.82) is 0 Å². The number of nitrogens with one attached hydrogen (secondary N) is 2. The van der Waals surface area contributed by atoms with Gasteiger partial charge in [0.15, 0.2) is 0 Å². The van der Waals surface area contributed by atoms with Crippen LogP contribution in [0, 0.1) is 0 Å². The van der Waals surface area contributed by atoms with E-state index in [1.165, 1.54) is 0 Å². The summed E-state index contributed by atoms with van der Waals surface area (Å²) in [5, 5.41) is 11.1. The topological polar surface area (TPSA) is 83.8 Å². The first-order valence-electron chi connectivity index (χ1n) is 7.47. The molecule has 0 spiro atoms. The molecule has 0 aliphatic carbocycles. The Morgan fingerprint density at radius 1 is 1.13 bits per heavy atom. The number of para-hydroxylation sites is 1. The van der Waals surface area contributed by atoms with E-state index in [4.69, 9.17) is 5.73 Å². The van der Waals surface area contributed by atoms with Gasteiger partial charge in [-0.05, 0) is 29.8 Å². The predicted molar refractivity (Wildman–Crippen MR) is 92.9 cm³/mol. The van der Waals surface area contributed by atoms with Gasteiger partial charge >= 0.3 is 0 Å². The summed E-state index contributed by atoms with van der Waals surface area (Å²) in [6.07, 6.45) is 3.94. The molecule has 116 valence electrons. The van der Waals surface area contributed by atoms with Gasteiger partial charge in [-0.3, -0.25) is 9.89 Å². The maximum atomic E-state index is 11.8. The molecule has 23 heavy (non-hydrogen) atoms. The molecule has 0 saturated carbocycles. The fourth-order valence-electron chi connectivity index (χ4n) is 2.32. The molecule has 0 bridgehead atoms. The predicted octanol–water partition coefficient (Wildman–Crippen LogP) is 2.42. The number of hydrogen-bond acceptors (Lipinski definition) is 3. The van der Waals surface area contributed by atoms with E-state index in [1.54, 1.807) is 12.1 Å². The molecule has 0 radical (unpaired) electrons. The molecule has 0 fully saturated rings. The monoisotopic (exact) mass is 306 g/mol. The number of benzene rings is 2. The summed E-state index contributed by atoms with van der Waals surface area (Å²) in [5.41, 5.74) is 8.91. The zero-order chi connectivity index (χ0) is 16.1. The molecule has 5 nitrogen and oxygen atoms in total. The minimum atomic E-state index is -0.107. The summed E-state index contributed by atoms with van der Waals surface area (Å²) in [6.45, 7) is 0.914. The molecule has 2 aromatic carbocycles. The van der Waals surface area contributed by atoms with Crippen LogP contribution in [0.3, 0.4) is 0 Å². The van der Waals surface area contributed by atoms with Crippen LogP contribution in [-0.2, 0) is 0 Å². The van der Waals surface area contributed by atoms with E-state index in [2.05, 4.69) is 15.5 Å². The Morgan fingerprint density at radius 2 is 1.91 bits per heavy atom. The molecular formula is C18H18N4O. The number of hydrogen-bond donors (Lipinski definition) is 3. The number of nitrogens with zero attached hydrogens (tertiary/aromatic N) is 1. The van der Waals surface area contributed by atoms with Crippen molar-refractivity contribution in [3.8, 4) is 0 Å². The number of aromatic amines is 1. The van der Waals surface area contributed by atoms with Gasteiger partial charge in [0.25, 0.3) is 5.91 Å². The highest BCUT2D eigenvalue weighted by molar-refractivity contribution is 5.94. The van der Waals surface area contributed by atoms with Crippen LogP contribution in [0.5, 0.6) is 0 Å². The van der Waals surface area contributed by atoms with Crippen molar-refractivity contribution in [1.82, 2.24) is 15.5 Å². The van der Waals surface area contributed by atoms with E-state index in [1.807, 2.05) is 48.6 Å². The normalized spacial score (nSPS) is 11.2. The summed E-state index contributed by atoms with van der Waals surface area (Å²) in [7, 11) is 0. The molecule has 0 unspecified atom stereocenters. The second-order valence-electron chi connectivity index (χ2n) is 5.15. The molecule has 4 N–H and O–H groups in total. The highest BCUT2D eigenvalue weighted by Gasteiger charge is 2.04. The van der Waals surface area contributed by atoms with Gasteiger partial charge in [-0.15, -0.1) is 0 Å².